The normalized spacial score (nSPS) is 6.77. The van der Waals surface area contributed by atoms with Crippen molar-refractivity contribution >= 4 is 12.3 Å². The summed E-state index contributed by atoms with van der Waals surface area (Å²) in [6, 6.07) is 0. The molecule has 0 rings (SSSR count). The first-order valence-electron chi connectivity index (χ1n) is 3.73. The number of hydrogen-bond donors (Lipinski definition) is 0. The van der Waals surface area contributed by atoms with E-state index >= 15 is 0 Å². The molecule has 0 N–H and O–H groups in total. The zero-order valence-electron chi connectivity index (χ0n) is 8.20. The highest BCUT2D eigenvalue weighted by Crippen LogP contribution is 1.86. The Balaban J connectivity index is -0.000000140. The van der Waals surface area contributed by atoms with E-state index in [4.69, 9.17) is 19.2 Å². The van der Waals surface area contributed by atoms with E-state index in [0.29, 0.717) is 0 Å². The first-order chi connectivity index (χ1) is 6.10. The summed E-state index contributed by atoms with van der Waals surface area (Å²) < 4.78 is 0. The predicted octanol–water partition coefficient (Wildman–Crippen LogP) is 0.181. The molecule has 5 heteroatoms. The van der Waals surface area contributed by atoms with Gasteiger partial charge in [-0.3, -0.25) is 0 Å². The third-order valence-electron chi connectivity index (χ3n) is 0.959. The van der Waals surface area contributed by atoms with Crippen LogP contribution in [0.2, 0.25) is 0 Å². The van der Waals surface area contributed by atoms with Gasteiger partial charge >= 0.3 is 12.3 Å². The van der Waals surface area contributed by atoms with Gasteiger partial charge in [-0.05, 0) is 27.1 Å². The molecule has 0 aromatic carbocycles. The second-order valence-electron chi connectivity index (χ2n) is 2.32. The molecule has 0 bridgehead atoms. The second kappa shape index (κ2) is 22.4. The molecule has 0 aromatic rings. The number of hydrogen-bond acceptors (Lipinski definition) is 5. The highest BCUT2D eigenvalue weighted by Gasteiger charge is 1.83. The standard InChI is InChI=1S/C6H15N.2CO2/c1-4-5-6-7(2)3;2*2-1-3/h4-6H2,1-3H3;;. The molecule has 76 valence electrons. The number of unbranched alkanes of at least 4 members (excludes halogenated alkanes) is 1. The van der Waals surface area contributed by atoms with Crippen LogP contribution < -0.4 is 0 Å². The smallest absolute Gasteiger partial charge is 0.309 e. The van der Waals surface area contributed by atoms with Crippen molar-refractivity contribution in [3.05, 3.63) is 0 Å². The van der Waals surface area contributed by atoms with Crippen LogP contribution in [-0.4, -0.2) is 37.8 Å². The summed E-state index contributed by atoms with van der Waals surface area (Å²) in [5.74, 6) is 0. The number of carbonyl (C=O) groups excluding carboxylic acids is 4. The fourth-order valence-corrected chi connectivity index (χ4v) is 0.474. The van der Waals surface area contributed by atoms with Crippen molar-refractivity contribution in [3.8, 4) is 0 Å². The Kier molecular flexibility index (Phi) is 30.6. The highest BCUT2D eigenvalue weighted by atomic mass is 16.2. The average molecular weight is 189 g/mol. The van der Waals surface area contributed by atoms with Gasteiger partial charge in [-0.25, -0.2) is 0 Å². The van der Waals surface area contributed by atoms with Crippen molar-refractivity contribution in [2.24, 2.45) is 0 Å². The Hall–Kier alpha value is -1.28. The molecule has 0 saturated carbocycles. The fourth-order valence-electron chi connectivity index (χ4n) is 0.474. The van der Waals surface area contributed by atoms with E-state index in [9.17, 15) is 0 Å². The minimum atomic E-state index is 0.250. The lowest BCUT2D eigenvalue weighted by molar-refractivity contribution is -0.193. The zero-order chi connectivity index (χ0) is 11.1. The molecule has 0 aliphatic heterocycles. The van der Waals surface area contributed by atoms with E-state index in [0.717, 1.165) is 0 Å². The maximum atomic E-state index is 8.12. The van der Waals surface area contributed by atoms with E-state index in [1.807, 2.05) is 0 Å². The van der Waals surface area contributed by atoms with Gasteiger partial charge in [0.1, 0.15) is 0 Å². The molecule has 0 aliphatic carbocycles. The van der Waals surface area contributed by atoms with Gasteiger partial charge in [0.25, 0.3) is 0 Å². The van der Waals surface area contributed by atoms with Crippen LogP contribution in [0.5, 0.6) is 0 Å². The molecular formula is C8H15NO4. The number of rotatable bonds is 3. The summed E-state index contributed by atoms with van der Waals surface area (Å²) in [6.07, 6.45) is 3.13. The maximum absolute atomic E-state index is 8.12. The molecular weight excluding hydrogens is 174 g/mol. The van der Waals surface area contributed by atoms with E-state index in [1.165, 1.54) is 19.4 Å². The van der Waals surface area contributed by atoms with Crippen molar-refractivity contribution in [2.75, 3.05) is 20.6 Å². The molecule has 13 heavy (non-hydrogen) atoms. The molecule has 0 aliphatic rings. The van der Waals surface area contributed by atoms with Crippen molar-refractivity contribution in [2.45, 2.75) is 19.8 Å². The van der Waals surface area contributed by atoms with Gasteiger partial charge in [0.2, 0.25) is 0 Å². The third kappa shape index (κ3) is 110. The van der Waals surface area contributed by atoms with Gasteiger partial charge in [0, 0.05) is 0 Å². The topological polar surface area (TPSA) is 71.5 Å². The first kappa shape index (κ1) is 17.7. The molecule has 0 atom stereocenters. The van der Waals surface area contributed by atoms with Gasteiger partial charge in [-0.2, -0.15) is 19.2 Å². The molecule has 0 radical (unpaired) electrons. The highest BCUT2D eigenvalue weighted by molar-refractivity contribution is 5.20. The largest absolute Gasteiger partial charge is 0.373 e. The van der Waals surface area contributed by atoms with E-state index in [1.54, 1.807) is 0 Å². The lowest BCUT2D eigenvalue weighted by Crippen LogP contribution is -2.12. The van der Waals surface area contributed by atoms with E-state index < -0.39 is 0 Å². The summed E-state index contributed by atoms with van der Waals surface area (Å²) >= 11 is 0. The Morgan fingerprint density at radius 1 is 1.00 bits per heavy atom. The van der Waals surface area contributed by atoms with Crippen molar-refractivity contribution < 1.29 is 19.2 Å². The van der Waals surface area contributed by atoms with Crippen LogP contribution in [0.25, 0.3) is 0 Å². The molecule has 5 nitrogen and oxygen atoms in total. The quantitative estimate of drug-likeness (QED) is 0.633. The minimum Gasteiger partial charge on any atom is -0.309 e. The molecule has 0 unspecified atom stereocenters. The Morgan fingerprint density at radius 2 is 1.31 bits per heavy atom. The van der Waals surface area contributed by atoms with Gasteiger partial charge in [0.15, 0.2) is 0 Å². The lowest BCUT2D eigenvalue weighted by atomic mass is 10.3. The van der Waals surface area contributed by atoms with E-state index in [2.05, 4.69) is 25.9 Å². The molecule has 0 spiro atoms. The summed E-state index contributed by atoms with van der Waals surface area (Å²) in [7, 11) is 4.21. The zero-order valence-corrected chi connectivity index (χ0v) is 8.20. The second-order valence-corrected chi connectivity index (χ2v) is 2.32. The molecule has 0 fully saturated rings. The minimum absolute atomic E-state index is 0.250. The fraction of sp³-hybridized carbons (Fsp3) is 0.750. The summed E-state index contributed by atoms with van der Waals surface area (Å²) in [4.78, 5) is 34.7. The summed E-state index contributed by atoms with van der Waals surface area (Å²) in [5.41, 5.74) is 0. The molecule has 0 amide bonds. The lowest BCUT2D eigenvalue weighted by Gasteiger charge is -2.05. The Bertz CT molecular complexity index is 132. The van der Waals surface area contributed by atoms with Crippen LogP contribution in [-0.2, 0) is 19.2 Å². The molecule has 0 heterocycles. The van der Waals surface area contributed by atoms with E-state index in [-0.39, 0.29) is 12.3 Å². The van der Waals surface area contributed by atoms with Crippen molar-refractivity contribution in [1.82, 2.24) is 4.90 Å². The van der Waals surface area contributed by atoms with Crippen LogP contribution in [0.1, 0.15) is 19.8 Å². The van der Waals surface area contributed by atoms with Crippen LogP contribution in [0, 0.1) is 0 Å². The van der Waals surface area contributed by atoms with Gasteiger partial charge in [-0.15, -0.1) is 0 Å². The first-order valence-corrected chi connectivity index (χ1v) is 3.73. The van der Waals surface area contributed by atoms with Crippen LogP contribution >= 0.6 is 0 Å². The van der Waals surface area contributed by atoms with Crippen LogP contribution in [0.4, 0.5) is 0 Å². The number of nitrogens with zero attached hydrogens (tertiary/aromatic N) is 1. The predicted molar refractivity (Wildman–Crippen MR) is 43.5 cm³/mol. The summed E-state index contributed by atoms with van der Waals surface area (Å²) in [6.45, 7) is 3.44. The average Bonchev–Trinajstić information content (AvgIpc) is 2.04. The Labute approximate surface area is 77.7 Å². The van der Waals surface area contributed by atoms with Crippen LogP contribution in [0.15, 0.2) is 0 Å². The van der Waals surface area contributed by atoms with Crippen molar-refractivity contribution in [3.63, 3.8) is 0 Å². The monoisotopic (exact) mass is 189 g/mol. The Morgan fingerprint density at radius 3 is 1.38 bits per heavy atom. The van der Waals surface area contributed by atoms with Gasteiger partial charge in [-0.1, -0.05) is 13.3 Å². The SMILES string of the molecule is CCCCN(C)C.O=C=O.O=C=O. The van der Waals surface area contributed by atoms with Crippen molar-refractivity contribution in [1.29, 1.82) is 0 Å². The van der Waals surface area contributed by atoms with Crippen LogP contribution in [0.3, 0.4) is 0 Å². The summed E-state index contributed by atoms with van der Waals surface area (Å²) in [5, 5.41) is 0. The van der Waals surface area contributed by atoms with Gasteiger partial charge in [0.05, 0.1) is 0 Å². The van der Waals surface area contributed by atoms with Gasteiger partial charge < -0.3 is 4.90 Å². The third-order valence-corrected chi connectivity index (χ3v) is 0.959. The molecule has 0 aromatic heterocycles. The maximum Gasteiger partial charge on any atom is 0.373 e. The molecule has 0 saturated heterocycles.